The van der Waals surface area contributed by atoms with E-state index in [1.165, 1.54) is 65.7 Å². The maximum Gasteiger partial charge on any atom is 0.136 e. The van der Waals surface area contributed by atoms with Crippen LogP contribution in [0.15, 0.2) is 241 Å². The first kappa shape index (κ1) is 35.7. The molecule has 290 valence electrons. The van der Waals surface area contributed by atoms with Gasteiger partial charge in [0.25, 0.3) is 0 Å². The molecule has 11 aromatic carbocycles. The van der Waals surface area contributed by atoms with E-state index in [9.17, 15) is 0 Å². The van der Waals surface area contributed by atoms with Gasteiger partial charge in [-0.05, 0) is 131 Å². The van der Waals surface area contributed by atoms with Crippen molar-refractivity contribution in [2.75, 3.05) is 4.90 Å². The lowest BCUT2D eigenvalue weighted by Gasteiger charge is -2.26. The Labute approximate surface area is 360 Å². The van der Waals surface area contributed by atoms with Crippen LogP contribution in [0.25, 0.3) is 98.8 Å². The Balaban J connectivity index is 0.926. The number of benzene rings is 11. The number of hydrogen-bond donors (Lipinski definition) is 0. The van der Waals surface area contributed by atoms with Crippen LogP contribution in [0.2, 0.25) is 0 Å². The van der Waals surface area contributed by atoms with Crippen LogP contribution in [0.1, 0.15) is 0 Å². The van der Waals surface area contributed by atoms with E-state index in [1.54, 1.807) is 0 Å². The minimum Gasteiger partial charge on any atom is -0.456 e. The lowest BCUT2D eigenvalue weighted by atomic mass is 9.93. The van der Waals surface area contributed by atoms with E-state index in [1.807, 2.05) is 12.1 Å². The standard InChI is InChI=1S/C60H39NO/c1-3-14-50-42(11-1)13-9-19-51(50)43-25-23-40(24-26-43)41-27-33-47(34-28-41)61(48-35-29-44(30-36-48)53-20-10-22-59-60(53)56-18-7-8-21-58(56)62-59)49-37-31-45(32-38-49)57-39-46-12-2-4-15-52(46)54-16-5-6-17-55(54)57/h1-39H. The molecule has 0 saturated heterocycles. The second kappa shape index (κ2) is 14.8. The first-order valence-electron chi connectivity index (χ1n) is 21.2. The van der Waals surface area contributed by atoms with Crippen LogP contribution in [-0.2, 0) is 0 Å². The highest BCUT2D eigenvalue weighted by Gasteiger charge is 2.17. The monoisotopic (exact) mass is 789 g/mol. The zero-order valence-electron chi connectivity index (χ0n) is 33.9. The Kier molecular flexibility index (Phi) is 8.53. The number of furan rings is 1. The lowest BCUT2D eigenvalue weighted by Crippen LogP contribution is -2.09. The molecule has 0 aliphatic heterocycles. The number of rotatable bonds is 7. The SMILES string of the molecule is c1ccc2c(-c3ccc(-c4ccc(N(c5ccc(-c6cc7ccccc7c7ccccc67)cc5)c5ccc(-c6cccc7oc8ccccc8c67)cc5)cc4)cc3)cccc2c1. The van der Waals surface area contributed by atoms with E-state index >= 15 is 0 Å². The molecule has 12 aromatic rings. The molecule has 0 atom stereocenters. The quantitative estimate of drug-likeness (QED) is 0.150. The average molecular weight is 790 g/mol. The zero-order chi connectivity index (χ0) is 41.0. The maximum atomic E-state index is 6.25. The summed E-state index contributed by atoms with van der Waals surface area (Å²) in [4.78, 5) is 2.35. The van der Waals surface area contributed by atoms with Gasteiger partial charge >= 0.3 is 0 Å². The van der Waals surface area contributed by atoms with Gasteiger partial charge < -0.3 is 9.32 Å². The number of para-hydroxylation sites is 1. The molecular formula is C60H39NO. The van der Waals surface area contributed by atoms with Gasteiger partial charge in [-0.15, -0.1) is 0 Å². The molecule has 62 heavy (non-hydrogen) atoms. The summed E-state index contributed by atoms with van der Waals surface area (Å²) in [6.45, 7) is 0. The highest BCUT2D eigenvalue weighted by molar-refractivity contribution is 6.14. The summed E-state index contributed by atoms with van der Waals surface area (Å²) in [6.07, 6.45) is 0. The Hall–Kier alpha value is -8.20. The van der Waals surface area contributed by atoms with Crippen LogP contribution in [0.3, 0.4) is 0 Å². The fourth-order valence-electron chi connectivity index (χ4n) is 9.46. The van der Waals surface area contributed by atoms with Crippen LogP contribution < -0.4 is 4.90 Å². The Morgan fingerprint density at radius 2 is 0.694 bits per heavy atom. The van der Waals surface area contributed by atoms with Gasteiger partial charge in [0.05, 0.1) is 0 Å². The molecule has 2 nitrogen and oxygen atoms in total. The first-order chi connectivity index (χ1) is 30.7. The van der Waals surface area contributed by atoms with E-state index < -0.39 is 0 Å². The molecule has 12 rings (SSSR count). The summed E-state index contributed by atoms with van der Waals surface area (Å²) in [5.74, 6) is 0. The van der Waals surface area contributed by atoms with Crippen molar-refractivity contribution in [2.45, 2.75) is 0 Å². The lowest BCUT2D eigenvalue weighted by molar-refractivity contribution is 0.669. The molecule has 0 radical (unpaired) electrons. The van der Waals surface area contributed by atoms with Crippen molar-refractivity contribution in [1.29, 1.82) is 0 Å². The smallest absolute Gasteiger partial charge is 0.136 e. The predicted molar refractivity (Wildman–Crippen MR) is 263 cm³/mol. The molecule has 0 fully saturated rings. The summed E-state index contributed by atoms with van der Waals surface area (Å²) < 4.78 is 6.25. The van der Waals surface area contributed by atoms with Crippen molar-refractivity contribution < 1.29 is 4.42 Å². The molecule has 2 heteroatoms. The third-order valence-electron chi connectivity index (χ3n) is 12.5. The van der Waals surface area contributed by atoms with Crippen molar-refractivity contribution in [1.82, 2.24) is 0 Å². The molecule has 0 amide bonds. The van der Waals surface area contributed by atoms with Gasteiger partial charge in [-0.25, -0.2) is 0 Å². The van der Waals surface area contributed by atoms with Gasteiger partial charge in [0.2, 0.25) is 0 Å². The highest BCUT2D eigenvalue weighted by atomic mass is 16.3. The van der Waals surface area contributed by atoms with Crippen LogP contribution >= 0.6 is 0 Å². The van der Waals surface area contributed by atoms with E-state index in [0.29, 0.717) is 0 Å². The molecule has 0 bridgehead atoms. The van der Waals surface area contributed by atoms with E-state index in [2.05, 4.69) is 229 Å². The van der Waals surface area contributed by atoms with Crippen molar-refractivity contribution in [3.8, 4) is 44.5 Å². The summed E-state index contributed by atoms with van der Waals surface area (Å²) >= 11 is 0. The Morgan fingerprint density at radius 3 is 1.39 bits per heavy atom. The molecule has 1 heterocycles. The molecule has 0 N–H and O–H groups in total. The van der Waals surface area contributed by atoms with Gasteiger partial charge in [0.1, 0.15) is 11.2 Å². The zero-order valence-corrected chi connectivity index (χ0v) is 33.9. The van der Waals surface area contributed by atoms with Crippen LogP contribution in [0.4, 0.5) is 17.1 Å². The molecule has 0 saturated carbocycles. The summed E-state index contributed by atoms with van der Waals surface area (Å²) in [6, 6.07) is 85.4. The fraction of sp³-hybridized carbons (Fsp3) is 0. The number of anilines is 3. The van der Waals surface area contributed by atoms with Gasteiger partial charge in [0, 0.05) is 27.8 Å². The van der Waals surface area contributed by atoms with Gasteiger partial charge in [0.15, 0.2) is 0 Å². The van der Waals surface area contributed by atoms with Crippen molar-refractivity contribution >= 4 is 71.3 Å². The van der Waals surface area contributed by atoms with E-state index in [-0.39, 0.29) is 0 Å². The molecule has 0 aliphatic rings. The average Bonchev–Trinajstić information content (AvgIpc) is 3.74. The topological polar surface area (TPSA) is 16.4 Å². The summed E-state index contributed by atoms with van der Waals surface area (Å²) in [5.41, 5.74) is 14.6. The fourth-order valence-corrected chi connectivity index (χ4v) is 9.46. The molecular weight excluding hydrogens is 751 g/mol. The van der Waals surface area contributed by atoms with Crippen molar-refractivity contribution in [3.63, 3.8) is 0 Å². The first-order valence-corrected chi connectivity index (χ1v) is 21.2. The number of hydrogen-bond acceptors (Lipinski definition) is 2. The van der Waals surface area contributed by atoms with E-state index in [4.69, 9.17) is 4.42 Å². The van der Waals surface area contributed by atoms with Crippen LogP contribution in [0, 0.1) is 0 Å². The van der Waals surface area contributed by atoms with Crippen LogP contribution in [-0.4, -0.2) is 0 Å². The maximum absolute atomic E-state index is 6.25. The second-order valence-corrected chi connectivity index (χ2v) is 16.0. The molecule has 0 aliphatic carbocycles. The number of nitrogens with zero attached hydrogens (tertiary/aromatic N) is 1. The van der Waals surface area contributed by atoms with Crippen molar-refractivity contribution in [3.05, 3.63) is 237 Å². The highest BCUT2D eigenvalue weighted by Crippen LogP contribution is 2.42. The third-order valence-corrected chi connectivity index (χ3v) is 12.5. The Morgan fingerprint density at radius 1 is 0.258 bits per heavy atom. The minimum absolute atomic E-state index is 0.900. The van der Waals surface area contributed by atoms with Gasteiger partial charge in [-0.2, -0.15) is 0 Å². The minimum atomic E-state index is 0.900. The van der Waals surface area contributed by atoms with Gasteiger partial charge in [-0.1, -0.05) is 182 Å². The van der Waals surface area contributed by atoms with Gasteiger partial charge in [-0.3, -0.25) is 0 Å². The predicted octanol–water partition coefficient (Wildman–Crippen LogP) is 17.2. The second-order valence-electron chi connectivity index (χ2n) is 16.0. The third kappa shape index (κ3) is 6.12. The molecule has 1 aromatic heterocycles. The number of fused-ring (bicyclic) bond motifs is 7. The van der Waals surface area contributed by atoms with Crippen LogP contribution in [0.5, 0.6) is 0 Å². The summed E-state index contributed by atoms with van der Waals surface area (Å²) in [7, 11) is 0. The summed E-state index contributed by atoms with van der Waals surface area (Å²) in [5, 5.41) is 9.85. The van der Waals surface area contributed by atoms with E-state index in [0.717, 1.165) is 50.1 Å². The largest absolute Gasteiger partial charge is 0.456 e. The Bertz CT molecular complexity index is 3590. The molecule has 0 unspecified atom stereocenters. The van der Waals surface area contributed by atoms with Crippen molar-refractivity contribution in [2.24, 2.45) is 0 Å². The normalized spacial score (nSPS) is 11.5. The molecule has 0 spiro atoms.